The average Bonchev–Trinajstić information content (AvgIpc) is 2.85. The van der Waals surface area contributed by atoms with E-state index >= 15 is 0 Å². The van der Waals surface area contributed by atoms with Gasteiger partial charge in [-0.15, -0.1) is 10.2 Å². The van der Waals surface area contributed by atoms with Gasteiger partial charge in [0.05, 0.1) is 12.8 Å². The van der Waals surface area contributed by atoms with Crippen molar-refractivity contribution in [1.82, 2.24) is 20.1 Å². The lowest BCUT2D eigenvalue weighted by atomic mass is 10.2. The van der Waals surface area contributed by atoms with Crippen LogP contribution in [0.2, 0.25) is 0 Å². The first-order valence-electron chi connectivity index (χ1n) is 10.7. The van der Waals surface area contributed by atoms with Crippen LogP contribution in [0.1, 0.15) is 12.5 Å². The number of hydrogen-bond donors (Lipinski definition) is 0. The normalized spacial score (nSPS) is 14.7. The highest BCUT2D eigenvalue weighted by Gasteiger charge is 2.27. The highest BCUT2D eigenvalue weighted by molar-refractivity contribution is 5.81. The first-order valence-corrected chi connectivity index (χ1v) is 10.7. The molecule has 1 saturated heterocycles. The van der Waals surface area contributed by atoms with E-state index in [4.69, 9.17) is 9.47 Å². The number of aromatic nitrogens is 3. The van der Waals surface area contributed by atoms with E-state index in [2.05, 4.69) is 20.1 Å². The number of piperazine rings is 1. The molecule has 0 spiro atoms. The average molecular weight is 434 g/mol. The molecule has 0 radical (unpaired) electrons. The molecular formula is C24H27N5O3. The van der Waals surface area contributed by atoms with E-state index in [-0.39, 0.29) is 5.91 Å². The Bertz CT molecular complexity index is 1050. The zero-order valence-corrected chi connectivity index (χ0v) is 18.6. The predicted octanol–water partition coefficient (Wildman–Crippen LogP) is 2.97. The molecule has 1 aliphatic heterocycles. The fourth-order valence-electron chi connectivity index (χ4n) is 3.67. The monoisotopic (exact) mass is 433 g/mol. The summed E-state index contributed by atoms with van der Waals surface area (Å²) in [4.78, 5) is 21.2. The largest absolute Gasteiger partial charge is 0.493 e. The first-order chi connectivity index (χ1) is 15.5. The van der Waals surface area contributed by atoms with Crippen molar-refractivity contribution in [3.63, 3.8) is 0 Å². The van der Waals surface area contributed by atoms with Gasteiger partial charge >= 0.3 is 0 Å². The third-order valence-electron chi connectivity index (χ3n) is 5.46. The fraction of sp³-hybridized carbons (Fsp3) is 0.333. The summed E-state index contributed by atoms with van der Waals surface area (Å²) in [5.41, 5.74) is 2.60. The molecule has 0 saturated carbocycles. The summed E-state index contributed by atoms with van der Waals surface area (Å²) < 4.78 is 11.3. The third-order valence-corrected chi connectivity index (χ3v) is 5.46. The lowest BCUT2D eigenvalue weighted by Crippen LogP contribution is -2.52. The summed E-state index contributed by atoms with van der Waals surface area (Å²) >= 11 is 0. The standard InChI is InChI=1S/C24H27N5O3/c1-17-7-9-21(22(16-17)31-3)32-18(2)24(30)29-14-12-28(13-15-29)23-10-8-20(26-27-23)19-6-4-5-11-25-19/h4-11,16,18H,12-15H2,1-3H3. The zero-order valence-electron chi connectivity index (χ0n) is 18.6. The molecule has 1 unspecified atom stereocenters. The molecule has 3 heterocycles. The van der Waals surface area contributed by atoms with Crippen molar-refractivity contribution in [1.29, 1.82) is 0 Å². The maximum atomic E-state index is 12.9. The minimum atomic E-state index is -0.601. The fourth-order valence-corrected chi connectivity index (χ4v) is 3.67. The molecule has 1 aromatic carbocycles. The molecule has 1 aliphatic rings. The van der Waals surface area contributed by atoms with Crippen molar-refractivity contribution in [3.05, 3.63) is 60.3 Å². The number of carbonyl (C=O) groups is 1. The molecule has 8 heteroatoms. The summed E-state index contributed by atoms with van der Waals surface area (Å²) in [6.07, 6.45) is 1.14. The van der Waals surface area contributed by atoms with Crippen LogP contribution in [0, 0.1) is 6.92 Å². The van der Waals surface area contributed by atoms with Gasteiger partial charge in [0.1, 0.15) is 5.69 Å². The van der Waals surface area contributed by atoms with E-state index in [9.17, 15) is 4.79 Å². The van der Waals surface area contributed by atoms with Crippen molar-refractivity contribution in [3.8, 4) is 22.9 Å². The van der Waals surface area contributed by atoms with Crippen molar-refractivity contribution in [2.45, 2.75) is 20.0 Å². The van der Waals surface area contributed by atoms with Crippen LogP contribution in [0.5, 0.6) is 11.5 Å². The van der Waals surface area contributed by atoms with Gasteiger partial charge in [0.15, 0.2) is 23.4 Å². The van der Waals surface area contributed by atoms with Crippen LogP contribution < -0.4 is 14.4 Å². The van der Waals surface area contributed by atoms with Crippen molar-refractivity contribution in [2.75, 3.05) is 38.2 Å². The molecule has 4 rings (SSSR count). The molecule has 1 amide bonds. The highest BCUT2D eigenvalue weighted by atomic mass is 16.5. The Morgan fingerprint density at radius 3 is 2.44 bits per heavy atom. The Morgan fingerprint density at radius 2 is 1.78 bits per heavy atom. The molecule has 3 aromatic rings. The van der Waals surface area contributed by atoms with Crippen LogP contribution in [0.3, 0.4) is 0 Å². The Hall–Kier alpha value is -3.68. The number of anilines is 1. The van der Waals surface area contributed by atoms with Gasteiger partial charge in [0.25, 0.3) is 5.91 Å². The molecule has 32 heavy (non-hydrogen) atoms. The number of amides is 1. The van der Waals surface area contributed by atoms with Crippen LogP contribution in [0.15, 0.2) is 54.7 Å². The van der Waals surface area contributed by atoms with Crippen molar-refractivity contribution < 1.29 is 14.3 Å². The number of carbonyl (C=O) groups excluding carboxylic acids is 1. The Morgan fingerprint density at radius 1 is 0.969 bits per heavy atom. The molecule has 0 aliphatic carbocycles. The van der Waals surface area contributed by atoms with Gasteiger partial charge in [-0.05, 0) is 55.8 Å². The number of methoxy groups -OCH3 is 1. The van der Waals surface area contributed by atoms with Gasteiger partial charge in [-0.25, -0.2) is 0 Å². The molecule has 1 fully saturated rings. The Balaban J connectivity index is 1.33. The molecule has 2 aromatic heterocycles. The summed E-state index contributed by atoms with van der Waals surface area (Å²) in [5, 5.41) is 8.67. The van der Waals surface area contributed by atoms with Gasteiger partial charge in [0.2, 0.25) is 0 Å². The highest BCUT2D eigenvalue weighted by Crippen LogP contribution is 2.29. The maximum absolute atomic E-state index is 12.9. The Kier molecular flexibility index (Phi) is 6.49. The van der Waals surface area contributed by atoms with Crippen molar-refractivity contribution >= 4 is 11.7 Å². The minimum absolute atomic E-state index is 0.0381. The van der Waals surface area contributed by atoms with Gasteiger partial charge in [-0.3, -0.25) is 9.78 Å². The number of nitrogens with zero attached hydrogens (tertiary/aromatic N) is 5. The van der Waals surface area contributed by atoms with E-state index in [0.29, 0.717) is 37.7 Å². The van der Waals surface area contributed by atoms with E-state index in [0.717, 1.165) is 22.8 Å². The smallest absolute Gasteiger partial charge is 0.263 e. The molecule has 0 bridgehead atoms. The molecule has 1 atom stereocenters. The number of aryl methyl sites for hydroxylation is 1. The molecular weight excluding hydrogens is 406 g/mol. The maximum Gasteiger partial charge on any atom is 0.263 e. The summed E-state index contributed by atoms with van der Waals surface area (Å²) in [6.45, 7) is 6.32. The van der Waals surface area contributed by atoms with Crippen molar-refractivity contribution in [2.24, 2.45) is 0 Å². The number of pyridine rings is 1. The minimum Gasteiger partial charge on any atom is -0.493 e. The van der Waals surface area contributed by atoms with Crippen LogP contribution >= 0.6 is 0 Å². The Labute approximate surface area is 187 Å². The van der Waals surface area contributed by atoms with Crippen LogP contribution in [-0.2, 0) is 4.79 Å². The molecule has 0 N–H and O–H groups in total. The second-order valence-corrected chi connectivity index (χ2v) is 7.72. The van der Waals surface area contributed by atoms with Crippen LogP contribution in [0.25, 0.3) is 11.4 Å². The van der Waals surface area contributed by atoms with Crippen LogP contribution in [0.4, 0.5) is 5.82 Å². The number of benzene rings is 1. The molecule has 166 valence electrons. The lowest BCUT2D eigenvalue weighted by Gasteiger charge is -2.36. The summed E-state index contributed by atoms with van der Waals surface area (Å²) in [7, 11) is 1.60. The second-order valence-electron chi connectivity index (χ2n) is 7.72. The van der Waals surface area contributed by atoms with Gasteiger partial charge in [-0.1, -0.05) is 12.1 Å². The SMILES string of the molecule is COc1cc(C)ccc1OC(C)C(=O)N1CCN(c2ccc(-c3ccccn3)nn2)CC1. The van der Waals surface area contributed by atoms with Gasteiger partial charge in [0, 0.05) is 32.4 Å². The summed E-state index contributed by atoms with van der Waals surface area (Å²) in [6, 6.07) is 15.2. The number of ether oxygens (including phenoxy) is 2. The lowest BCUT2D eigenvalue weighted by molar-refractivity contribution is -0.138. The second kappa shape index (κ2) is 9.64. The van der Waals surface area contributed by atoms with Gasteiger partial charge < -0.3 is 19.3 Å². The van der Waals surface area contributed by atoms with E-state index in [1.165, 1.54) is 0 Å². The predicted molar refractivity (Wildman–Crippen MR) is 122 cm³/mol. The number of rotatable bonds is 6. The third kappa shape index (κ3) is 4.80. The topological polar surface area (TPSA) is 80.7 Å². The summed E-state index contributed by atoms with van der Waals surface area (Å²) in [5.74, 6) is 1.96. The zero-order chi connectivity index (χ0) is 22.5. The first kappa shape index (κ1) is 21.5. The quantitative estimate of drug-likeness (QED) is 0.591. The van der Waals surface area contributed by atoms with E-state index in [1.807, 2.05) is 60.4 Å². The molecule has 8 nitrogen and oxygen atoms in total. The van der Waals surface area contributed by atoms with E-state index < -0.39 is 6.10 Å². The van der Waals surface area contributed by atoms with Gasteiger partial charge in [-0.2, -0.15) is 0 Å². The van der Waals surface area contributed by atoms with Crippen LogP contribution in [-0.4, -0.2) is 65.4 Å². The van der Waals surface area contributed by atoms with E-state index in [1.54, 1.807) is 20.2 Å². The number of hydrogen-bond acceptors (Lipinski definition) is 7.